The van der Waals surface area contributed by atoms with Gasteiger partial charge in [0, 0.05) is 13.3 Å². The molecule has 1 aromatic carbocycles. The molecule has 0 saturated carbocycles. The van der Waals surface area contributed by atoms with Crippen LogP contribution < -0.4 is 10.7 Å². The Morgan fingerprint density at radius 2 is 2.12 bits per heavy atom. The van der Waals surface area contributed by atoms with Gasteiger partial charge in [-0.2, -0.15) is 5.10 Å². The van der Waals surface area contributed by atoms with Crippen molar-refractivity contribution in [3.63, 3.8) is 0 Å². The molecule has 1 heterocycles. The molecule has 0 fully saturated rings. The zero-order valence-corrected chi connectivity index (χ0v) is 9.43. The maximum Gasteiger partial charge on any atom is 0.263 e. The Labute approximate surface area is 98.9 Å². The van der Waals surface area contributed by atoms with Crippen molar-refractivity contribution in [2.24, 2.45) is 5.10 Å². The van der Waals surface area contributed by atoms with Crippen LogP contribution in [0.4, 0.5) is 0 Å². The van der Waals surface area contributed by atoms with Crippen LogP contribution in [0.5, 0.6) is 0 Å². The van der Waals surface area contributed by atoms with Crippen LogP contribution in [0.2, 0.25) is 0 Å². The smallest absolute Gasteiger partial charge is 0.263 e. The standard InChI is InChI=1S/C12H13N3O2/c1-8(16)13-11-7-10(14-15-12(11)17)9-5-3-2-4-6-9/h2-6,11H,7H2,1H3,(H,13,16)(H,15,17)/t11-/m0/s1. The largest absolute Gasteiger partial charge is 0.344 e. The van der Waals surface area contributed by atoms with Crippen molar-refractivity contribution in [3.8, 4) is 0 Å². The van der Waals surface area contributed by atoms with E-state index in [1.165, 1.54) is 6.92 Å². The quantitative estimate of drug-likeness (QED) is 0.774. The molecule has 2 amide bonds. The van der Waals surface area contributed by atoms with Gasteiger partial charge in [0.25, 0.3) is 5.91 Å². The van der Waals surface area contributed by atoms with Crippen LogP contribution in [0.1, 0.15) is 18.9 Å². The van der Waals surface area contributed by atoms with Gasteiger partial charge in [-0.3, -0.25) is 9.59 Å². The minimum atomic E-state index is -0.541. The number of carbonyl (C=O) groups excluding carboxylic acids is 2. The maximum absolute atomic E-state index is 11.5. The number of hydrogen-bond acceptors (Lipinski definition) is 3. The van der Waals surface area contributed by atoms with Crippen LogP contribution in [0.25, 0.3) is 0 Å². The predicted octanol–water partition coefficient (Wildman–Crippen LogP) is 0.415. The molecule has 5 heteroatoms. The van der Waals surface area contributed by atoms with Gasteiger partial charge in [0.15, 0.2) is 0 Å². The summed E-state index contributed by atoms with van der Waals surface area (Å²) in [5, 5.41) is 6.60. The molecule has 5 nitrogen and oxygen atoms in total. The number of rotatable bonds is 2. The van der Waals surface area contributed by atoms with Crippen LogP contribution in [-0.2, 0) is 9.59 Å². The summed E-state index contributed by atoms with van der Waals surface area (Å²) in [7, 11) is 0. The van der Waals surface area contributed by atoms with Gasteiger partial charge in [-0.25, -0.2) is 5.43 Å². The van der Waals surface area contributed by atoms with E-state index in [1.54, 1.807) is 0 Å². The van der Waals surface area contributed by atoms with Gasteiger partial charge in [0.1, 0.15) is 6.04 Å². The predicted molar refractivity (Wildman–Crippen MR) is 63.3 cm³/mol. The van der Waals surface area contributed by atoms with Gasteiger partial charge in [0.2, 0.25) is 5.91 Å². The highest BCUT2D eigenvalue weighted by molar-refractivity contribution is 6.06. The molecule has 2 rings (SSSR count). The average molecular weight is 231 g/mol. The van der Waals surface area contributed by atoms with E-state index in [0.29, 0.717) is 6.42 Å². The van der Waals surface area contributed by atoms with Crippen molar-refractivity contribution >= 4 is 17.5 Å². The molecule has 0 saturated heterocycles. The topological polar surface area (TPSA) is 70.6 Å². The molecule has 0 radical (unpaired) electrons. The van der Waals surface area contributed by atoms with Crippen LogP contribution >= 0.6 is 0 Å². The molecule has 1 aliphatic heterocycles. The number of carbonyl (C=O) groups is 2. The summed E-state index contributed by atoms with van der Waals surface area (Å²) in [6.07, 6.45) is 0.412. The van der Waals surface area contributed by atoms with Crippen molar-refractivity contribution in [2.75, 3.05) is 0 Å². The summed E-state index contributed by atoms with van der Waals surface area (Å²) in [5.74, 6) is -0.501. The van der Waals surface area contributed by atoms with E-state index in [-0.39, 0.29) is 11.8 Å². The highest BCUT2D eigenvalue weighted by Gasteiger charge is 2.25. The molecule has 88 valence electrons. The highest BCUT2D eigenvalue weighted by Crippen LogP contribution is 2.10. The molecular weight excluding hydrogens is 218 g/mol. The first-order chi connectivity index (χ1) is 8.16. The van der Waals surface area contributed by atoms with Crippen molar-refractivity contribution in [1.29, 1.82) is 0 Å². The lowest BCUT2D eigenvalue weighted by atomic mass is 10.0. The first kappa shape index (κ1) is 11.3. The number of nitrogens with zero attached hydrogens (tertiary/aromatic N) is 1. The number of hydrazone groups is 1. The Hall–Kier alpha value is -2.17. The van der Waals surface area contributed by atoms with Crippen molar-refractivity contribution in [2.45, 2.75) is 19.4 Å². The first-order valence-electron chi connectivity index (χ1n) is 5.36. The maximum atomic E-state index is 11.5. The molecule has 0 unspecified atom stereocenters. The molecule has 0 aromatic heterocycles. The van der Waals surface area contributed by atoms with E-state index in [0.717, 1.165) is 11.3 Å². The van der Waals surface area contributed by atoms with Gasteiger partial charge in [-0.05, 0) is 5.56 Å². The molecule has 0 bridgehead atoms. The molecule has 1 atom stereocenters. The van der Waals surface area contributed by atoms with Crippen LogP contribution in [0.15, 0.2) is 35.4 Å². The molecule has 0 aliphatic carbocycles. The molecule has 2 N–H and O–H groups in total. The van der Waals surface area contributed by atoms with E-state index in [2.05, 4.69) is 15.8 Å². The molecular formula is C12H13N3O2. The third kappa shape index (κ3) is 2.69. The fourth-order valence-electron chi connectivity index (χ4n) is 1.71. The van der Waals surface area contributed by atoms with Gasteiger partial charge < -0.3 is 5.32 Å². The van der Waals surface area contributed by atoms with Crippen molar-refractivity contribution in [1.82, 2.24) is 10.7 Å². The van der Waals surface area contributed by atoms with E-state index in [1.807, 2.05) is 30.3 Å². The SMILES string of the molecule is CC(=O)N[C@H]1CC(c2ccccc2)=NNC1=O. The van der Waals surface area contributed by atoms with Crippen LogP contribution in [0, 0.1) is 0 Å². The Balaban J connectivity index is 2.16. The van der Waals surface area contributed by atoms with Gasteiger partial charge in [-0.1, -0.05) is 30.3 Å². The average Bonchev–Trinajstić information content (AvgIpc) is 2.32. The van der Waals surface area contributed by atoms with Gasteiger partial charge >= 0.3 is 0 Å². The minimum Gasteiger partial charge on any atom is -0.344 e. The van der Waals surface area contributed by atoms with Gasteiger partial charge in [-0.15, -0.1) is 0 Å². The molecule has 0 spiro atoms. The summed E-state index contributed by atoms with van der Waals surface area (Å²) >= 11 is 0. The van der Waals surface area contributed by atoms with E-state index < -0.39 is 6.04 Å². The Kier molecular flexibility index (Phi) is 3.18. The summed E-state index contributed by atoms with van der Waals surface area (Å²) in [6, 6.07) is 9.02. The fourth-order valence-corrected chi connectivity index (χ4v) is 1.71. The van der Waals surface area contributed by atoms with Crippen LogP contribution in [-0.4, -0.2) is 23.6 Å². The summed E-state index contributed by atoms with van der Waals surface area (Å²) in [5.41, 5.74) is 4.13. The fraction of sp³-hybridized carbons (Fsp3) is 0.250. The zero-order chi connectivity index (χ0) is 12.3. The Morgan fingerprint density at radius 3 is 2.76 bits per heavy atom. The summed E-state index contributed by atoms with van der Waals surface area (Å²) in [6.45, 7) is 1.39. The lowest BCUT2D eigenvalue weighted by Gasteiger charge is -2.21. The normalized spacial score (nSPS) is 19.2. The second-order valence-electron chi connectivity index (χ2n) is 3.86. The molecule has 1 aliphatic rings. The second kappa shape index (κ2) is 4.78. The lowest BCUT2D eigenvalue weighted by Crippen LogP contribution is -2.49. The van der Waals surface area contributed by atoms with E-state index in [9.17, 15) is 9.59 Å². The number of amides is 2. The lowest BCUT2D eigenvalue weighted by molar-refractivity contribution is -0.128. The van der Waals surface area contributed by atoms with E-state index in [4.69, 9.17) is 0 Å². The van der Waals surface area contributed by atoms with Gasteiger partial charge in [0.05, 0.1) is 5.71 Å². The van der Waals surface area contributed by atoms with E-state index >= 15 is 0 Å². The summed E-state index contributed by atoms with van der Waals surface area (Å²) < 4.78 is 0. The van der Waals surface area contributed by atoms with Crippen LogP contribution in [0.3, 0.4) is 0 Å². The Morgan fingerprint density at radius 1 is 1.41 bits per heavy atom. The first-order valence-corrected chi connectivity index (χ1v) is 5.36. The molecule has 1 aromatic rings. The highest BCUT2D eigenvalue weighted by atomic mass is 16.2. The minimum absolute atomic E-state index is 0.223. The number of nitrogens with one attached hydrogen (secondary N) is 2. The van der Waals surface area contributed by atoms with Crippen molar-refractivity contribution in [3.05, 3.63) is 35.9 Å². The third-order valence-electron chi connectivity index (χ3n) is 2.50. The third-order valence-corrected chi connectivity index (χ3v) is 2.50. The van der Waals surface area contributed by atoms with Crippen molar-refractivity contribution < 1.29 is 9.59 Å². The summed E-state index contributed by atoms with van der Waals surface area (Å²) in [4.78, 5) is 22.4. The zero-order valence-electron chi connectivity index (χ0n) is 9.43. The number of hydrogen-bond donors (Lipinski definition) is 2. The number of benzene rings is 1. The molecule has 17 heavy (non-hydrogen) atoms. The monoisotopic (exact) mass is 231 g/mol. The Bertz CT molecular complexity index is 468. The second-order valence-corrected chi connectivity index (χ2v) is 3.86.